The Kier molecular flexibility index (Phi) is 7.52. The monoisotopic (exact) mass is 471 g/mol. The molecule has 0 aliphatic carbocycles. The molecule has 0 radical (unpaired) electrons. The molecule has 0 unspecified atom stereocenters. The standard InChI is InChI=1S/C20H26INO4/c1-5-17-15(21)11-18(25-17)16(22-19(23)26-20(2,3)4)13-24-12-14-9-7-6-8-10-14/h6-11,16H,5,12-13H2,1-4H3,(H,22,23)/t16-/m1/s1. The van der Waals surface area contributed by atoms with Gasteiger partial charge in [0, 0.05) is 6.42 Å². The molecule has 5 nitrogen and oxygen atoms in total. The summed E-state index contributed by atoms with van der Waals surface area (Å²) in [5.41, 5.74) is 0.512. The van der Waals surface area contributed by atoms with E-state index in [4.69, 9.17) is 13.9 Å². The lowest BCUT2D eigenvalue weighted by Gasteiger charge is -2.23. The van der Waals surface area contributed by atoms with Crippen molar-refractivity contribution in [2.24, 2.45) is 0 Å². The van der Waals surface area contributed by atoms with E-state index in [1.807, 2.05) is 64.1 Å². The summed E-state index contributed by atoms with van der Waals surface area (Å²) in [5.74, 6) is 1.57. The number of aryl methyl sites for hydroxylation is 1. The summed E-state index contributed by atoms with van der Waals surface area (Å²) in [6, 6.07) is 11.4. The van der Waals surface area contributed by atoms with Crippen LogP contribution in [0.1, 0.15) is 50.8 Å². The van der Waals surface area contributed by atoms with Crippen molar-refractivity contribution < 1.29 is 18.7 Å². The van der Waals surface area contributed by atoms with Gasteiger partial charge in [0.05, 0.1) is 16.8 Å². The average molecular weight is 471 g/mol. The van der Waals surface area contributed by atoms with Crippen LogP contribution < -0.4 is 5.32 Å². The third kappa shape index (κ3) is 6.64. The lowest BCUT2D eigenvalue weighted by molar-refractivity contribution is 0.0408. The van der Waals surface area contributed by atoms with Crippen LogP contribution in [0.4, 0.5) is 4.79 Å². The molecule has 2 aromatic rings. The first-order chi connectivity index (χ1) is 12.3. The Balaban J connectivity index is 2.06. The quantitative estimate of drug-likeness (QED) is 0.562. The third-order valence-electron chi connectivity index (χ3n) is 3.53. The molecule has 0 aliphatic heterocycles. The van der Waals surface area contributed by atoms with Gasteiger partial charge in [-0.05, 0) is 55.0 Å². The summed E-state index contributed by atoms with van der Waals surface area (Å²) in [6.45, 7) is 8.29. The molecule has 26 heavy (non-hydrogen) atoms. The van der Waals surface area contributed by atoms with E-state index in [-0.39, 0.29) is 0 Å². The Morgan fingerprint density at radius 1 is 1.27 bits per heavy atom. The van der Waals surface area contributed by atoms with Gasteiger partial charge in [-0.3, -0.25) is 0 Å². The first-order valence-electron chi connectivity index (χ1n) is 8.67. The van der Waals surface area contributed by atoms with E-state index in [0.29, 0.717) is 19.0 Å². The average Bonchev–Trinajstić information content (AvgIpc) is 2.94. The Hall–Kier alpha value is -1.54. The molecule has 1 N–H and O–H groups in total. The van der Waals surface area contributed by atoms with E-state index in [2.05, 4.69) is 27.9 Å². The van der Waals surface area contributed by atoms with Gasteiger partial charge in [-0.1, -0.05) is 37.3 Å². The second-order valence-corrected chi connectivity index (χ2v) is 8.14. The highest BCUT2D eigenvalue weighted by Gasteiger charge is 2.24. The Morgan fingerprint density at radius 2 is 1.96 bits per heavy atom. The van der Waals surface area contributed by atoms with Gasteiger partial charge in [-0.15, -0.1) is 0 Å². The number of benzene rings is 1. The van der Waals surface area contributed by atoms with Crippen molar-refractivity contribution in [3.63, 3.8) is 0 Å². The van der Waals surface area contributed by atoms with Gasteiger partial charge in [0.25, 0.3) is 0 Å². The minimum atomic E-state index is -0.564. The highest BCUT2D eigenvalue weighted by atomic mass is 127. The summed E-state index contributed by atoms with van der Waals surface area (Å²) in [7, 11) is 0. The van der Waals surface area contributed by atoms with Crippen LogP contribution in [0.15, 0.2) is 40.8 Å². The molecule has 0 spiro atoms. The second kappa shape index (κ2) is 9.41. The lowest BCUT2D eigenvalue weighted by atomic mass is 10.2. The third-order valence-corrected chi connectivity index (χ3v) is 4.44. The molecule has 1 atom stereocenters. The first kappa shape index (κ1) is 20.8. The summed E-state index contributed by atoms with van der Waals surface area (Å²) in [6.07, 6.45) is 0.303. The summed E-state index contributed by atoms with van der Waals surface area (Å²) < 4.78 is 18.1. The summed E-state index contributed by atoms with van der Waals surface area (Å²) in [5, 5.41) is 2.86. The molecule has 0 saturated carbocycles. The van der Waals surface area contributed by atoms with E-state index >= 15 is 0 Å². The predicted octanol–water partition coefficient (Wildman–Crippen LogP) is 5.23. The number of alkyl carbamates (subject to hydrolysis) is 1. The van der Waals surface area contributed by atoms with Crippen LogP contribution in [0.2, 0.25) is 0 Å². The number of hydrogen-bond donors (Lipinski definition) is 1. The molecule has 1 heterocycles. The molecular weight excluding hydrogens is 445 g/mol. The maximum Gasteiger partial charge on any atom is 0.408 e. The fraction of sp³-hybridized carbons (Fsp3) is 0.450. The summed E-state index contributed by atoms with van der Waals surface area (Å²) in [4.78, 5) is 12.2. The van der Waals surface area contributed by atoms with Gasteiger partial charge in [0.15, 0.2) is 0 Å². The molecule has 0 bridgehead atoms. The van der Waals surface area contributed by atoms with Crippen LogP contribution in [0.25, 0.3) is 0 Å². The molecule has 1 aromatic carbocycles. The molecule has 1 aromatic heterocycles. The highest BCUT2D eigenvalue weighted by Crippen LogP contribution is 2.24. The topological polar surface area (TPSA) is 60.7 Å². The van der Waals surface area contributed by atoms with Crippen molar-refractivity contribution in [3.05, 3.63) is 57.1 Å². The van der Waals surface area contributed by atoms with Crippen LogP contribution in [0.3, 0.4) is 0 Å². The van der Waals surface area contributed by atoms with E-state index in [9.17, 15) is 4.79 Å². The molecule has 0 aliphatic rings. The normalized spacial score (nSPS) is 12.7. The largest absolute Gasteiger partial charge is 0.463 e. The number of hydrogen-bond acceptors (Lipinski definition) is 4. The first-order valence-corrected chi connectivity index (χ1v) is 9.75. The Labute approximate surface area is 168 Å². The number of amides is 1. The van der Waals surface area contributed by atoms with Gasteiger partial charge in [-0.2, -0.15) is 0 Å². The van der Waals surface area contributed by atoms with Gasteiger partial charge >= 0.3 is 6.09 Å². The molecule has 142 valence electrons. The van der Waals surface area contributed by atoms with E-state index in [1.54, 1.807) is 0 Å². The zero-order chi connectivity index (χ0) is 19.2. The summed E-state index contributed by atoms with van der Waals surface area (Å²) >= 11 is 2.24. The number of halogens is 1. The van der Waals surface area contributed by atoms with E-state index < -0.39 is 17.7 Å². The van der Waals surface area contributed by atoms with Crippen molar-refractivity contribution in [2.45, 2.75) is 52.4 Å². The minimum absolute atomic E-state index is 0.293. The molecule has 1 amide bonds. The second-order valence-electron chi connectivity index (χ2n) is 6.97. The van der Waals surface area contributed by atoms with Gasteiger partial charge < -0.3 is 19.2 Å². The SMILES string of the molecule is CCc1oc([C@@H](COCc2ccccc2)NC(=O)OC(C)(C)C)cc1I. The van der Waals surface area contributed by atoms with Crippen LogP contribution in [-0.2, 0) is 22.5 Å². The number of furan rings is 1. The fourth-order valence-electron chi connectivity index (χ4n) is 2.35. The Bertz CT molecular complexity index is 706. The van der Waals surface area contributed by atoms with Crippen LogP contribution in [0, 0.1) is 3.57 Å². The van der Waals surface area contributed by atoms with Crippen molar-refractivity contribution in [2.75, 3.05) is 6.61 Å². The van der Waals surface area contributed by atoms with E-state index in [0.717, 1.165) is 21.3 Å². The molecule has 0 saturated heterocycles. The van der Waals surface area contributed by atoms with Crippen LogP contribution in [0.5, 0.6) is 0 Å². The maximum atomic E-state index is 12.2. The van der Waals surface area contributed by atoms with E-state index in [1.165, 1.54) is 0 Å². The number of carbonyl (C=O) groups excluding carboxylic acids is 1. The van der Waals surface area contributed by atoms with Crippen molar-refractivity contribution in [1.29, 1.82) is 0 Å². The van der Waals surface area contributed by atoms with Gasteiger partial charge in [-0.25, -0.2) is 4.79 Å². The molecule has 6 heteroatoms. The zero-order valence-electron chi connectivity index (χ0n) is 15.7. The zero-order valence-corrected chi connectivity index (χ0v) is 17.8. The maximum absolute atomic E-state index is 12.2. The number of nitrogens with one attached hydrogen (secondary N) is 1. The van der Waals surface area contributed by atoms with Gasteiger partial charge in [0.1, 0.15) is 23.2 Å². The smallest absolute Gasteiger partial charge is 0.408 e. The lowest BCUT2D eigenvalue weighted by Crippen LogP contribution is -2.36. The minimum Gasteiger partial charge on any atom is -0.463 e. The fourth-order valence-corrected chi connectivity index (χ4v) is 3.15. The molecular formula is C20H26INO4. The van der Waals surface area contributed by atoms with Crippen LogP contribution in [-0.4, -0.2) is 18.3 Å². The van der Waals surface area contributed by atoms with Crippen molar-refractivity contribution in [1.82, 2.24) is 5.32 Å². The Morgan fingerprint density at radius 3 is 2.54 bits per heavy atom. The predicted molar refractivity (Wildman–Crippen MR) is 109 cm³/mol. The van der Waals surface area contributed by atoms with Gasteiger partial charge in [0.2, 0.25) is 0 Å². The van der Waals surface area contributed by atoms with Crippen molar-refractivity contribution >= 4 is 28.7 Å². The van der Waals surface area contributed by atoms with Crippen molar-refractivity contribution in [3.8, 4) is 0 Å². The number of ether oxygens (including phenoxy) is 2. The number of carbonyl (C=O) groups is 1. The number of rotatable bonds is 7. The highest BCUT2D eigenvalue weighted by molar-refractivity contribution is 14.1. The van der Waals surface area contributed by atoms with Crippen LogP contribution >= 0.6 is 22.6 Å². The molecule has 2 rings (SSSR count). The molecule has 0 fully saturated rings.